The highest BCUT2D eigenvalue weighted by Crippen LogP contribution is 2.24. The summed E-state index contributed by atoms with van der Waals surface area (Å²) in [6.07, 6.45) is 1.62. The molecule has 22 heavy (non-hydrogen) atoms. The van der Waals surface area contributed by atoms with Gasteiger partial charge in [-0.05, 0) is 50.5 Å². The zero-order valence-electron chi connectivity index (χ0n) is 12.7. The molecule has 0 radical (unpaired) electrons. The molecule has 1 aromatic carbocycles. The number of hydrogen-bond acceptors (Lipinski definition) is 4. The van der Waals surface area contributed by atoms with E-state index in [4.69, 9.17) is 4.42 Å². The Labute approximate surface area is 129 Å². The van der Waals surface area contributed by atoms with E-state index < -0.39 is 5.60 Å². The fourth-order valence-corrected chi connectivity index (χ4v) is 3.03. The van der Waals surface area contributed by atoms with Gasteiger partial charge in [0.15, 0.2) is 0 Å². The predicted octanol–water partition coefficient (Wildman–Crippen LogP) is 2.09. The number of fused-ring (bicyclic) bond motifs is 1. The topological polar surface area (TPSA) is 73.9 Å². The summed E-state index contributed by atoms with van der Waals surface area (Å²) in [5.41, 5.74) is 0.350. The zero-order valence-corrected chi connectivity index (χ0v) is 12.7. The third-order valence-corrected chi connectivity index (χ3v) is 4.39. The maximum Gasteiger partial charge on any atom is 0.253 e. The highest BCUT2D eigenvalue weighted by molar-refractivity contribution is 5.97. The first-order chi connectivity index (χ1) is 10.5. The summed E-state index contributed by atoms with van der Waals surface area (Å²) in [5, 5.41) is 20.4. The van der Waals surface area contributed by atoms with Crippen molar-refractivity contribution in [3.8, 4) is 0 Å². The van der Waals surface area contributed by atoms with Gasteiger partial charge < -0.3 is 19.5 Å². The SMILES string of the molecule is Cc1cc2cc(C(=O)N3CCC[C@@](O)(CO)CC3)ccc2o1. The first-order valence-corrected chi connectivity index (χ1v) is 7.63. The average molecular weight is 303 g/mol. The van der Waals surface area contributed by atoms with E-state index >= 15 is 0 Å². The lowest BCUT2D eigenvalue weighted by atomic mass is 9.96. The lowest BCUT2D eigenvalue weighted by Gasteiger charge is -2.24. The fraction of sp³-hybridized carbons (Fsp3) is 0.471. The molecular weight excluding hydrogens is 282 g/mol. The lowest BCUT2D eigenvalue weighted by Crippen LogP contribution is -2.36. The predicted molar refractivity (Wildman–Crippen MR) is 82.7 cm³/mol. The van der Waals surface area contributed by atoms with E-state index in [9.17, 15) is 15.0 Å². The summed E-state index contributed by atoms with van der Waals surface area (Å²) >= 11 is 0. The second-order valence-corrected chi connectivity index (χ2v) is 6.14. The largest absolute Gasteiger partial charge is 0.461 e. The number of aliphatic hydroxyl groups excluding tert-OH is 1. The van der Waals surface area contributed by atoms with Crippen molar-refractivity contribution in [2.24, 2.45) is 0 Å². The maximum atomic E-state index is 12.7. The van der Waals surface area contributed by atoms with Crippen molar-refractivity contribution in [2.75, 3.05) is 19.7 Å². The Morgan fingerprint density at radius 1 is 1.32 bits per heavy atom. The third kappa shape index (κ3) is 2.87. The molecule has 1 saturated heterocycles. The highest BCUT2D eigenvalue weighted by Gasteiger charge is 2.31. The molecule has 1 fully saturated rings. The molecule has 1 aliphatic heterocycles. The Balaban J connectivity index is 1.79. The molecule has 1 aliphatic rings. The Hall–Kier alpha value is -1.85. The number of carbonyl (C=O) groups excluding carboxylic acids is 1. The molecule has 2 N–H and O–H groups in total. The van der Waals surface area contributed by atoms with Gasteiger partial charge in [0.05, 0.1) is 12.2 Å². The van der Waals surface area contributed by atoms with E-state index in [0.29, 0.717) is 37.9 Å². The smallest absolute Gasteiger partial charge is 0.253 e. The number of rotatable bonds is 2. The standard InChI is InChI=1S/C17H21NO4/c1-12-9-14-10-13(3-4-15(14)22-12)16(20)18-7-2-5-17(21,11-19)6-8-18/h3-4,9-10,19,21H,2,5-8,11H2,1H3/t17-/m0/s1. The Kier molecular flexibility index (Phi) is 3.93. The molecule has 0 unspecified atom stereocenters. The summed E-state index contributed by atoms with van der Waals surface area (Å²) in [5.74, 6) is 0.783. The van der Waals surface area contributed by atoms with Gasteiger partial charge in [0.25, 0.3) is 5.91 Å². The van der Waals surface area contributed by atoms with Crippen LogP contribution in [0.5, 0.6) is 0 Å². The summed E-state index contributed by atoms with van der Waals surface area (Å²) in [6, 6.07) is 7.35. The normalized spacial score (nSPS) is 22.8. The van der Waals surface area contributed by atoms with Crippen LogP contribution in [-0.4, -0.2) is 46.3 Å². The molecule has 5 nitrogen and oxygen atoms in total. The number of furan rings is 1. The molecule has 0 spiro atoms. The van der Waals surface area contributed by atoms with Gasteiger partial charge >= 0.3 is 0 Å². The van der Waals surface area contributed by atoms with E-state index in [2.05, 4.69) is 0 Å². The number of nitrogens with zero attached hydrogens (tertiary/aromatic N) is 1. The van der Waals surface area contributed by atoms with Crippen molar-refractivity contribution in [2.45, 2.75) is 31.8 Å². The van der Waals surface area contributed by atoms with Crippen LogP contribution in [0.4, 0.5) is 0 Å². The monoisotopic (exact) mass is 303 g/mol. The fourth-order valence-electron chi connectivity index (χ4n) is 3.03. The van der Waals surface area contributed by atoms with Gasteiger partial charge in [-0.15, -0.1) is 0 Å². The van der Waals surface area contributed by atoms with E-state index in [1.807, 2.05) is 25.1 Å². The van der Waals surface area contributed by atoms with Crippen LogP contribution in [0.3, 0.4) is 0 Å². The van der Waals surface area contributed by atoms with Crippen molar-refractivity contribution in [1.29, 1.82) is 0 Å². The maximum absolute atomic E-state index is 12.7. The van der Waals surface area contributed by atoms with Crippen LogP contribution in [0.1, 0.15) is 35.4 Å². The van der Waals surface area contributed by atoms with Crippen molar-refractivity contribution in [3.05, 3.63) is 35.6 Å². The molecule has 2 aromatic rings. The van der Waals surface area contributed by atoms with Gasteiger partial charge in [0.1, 0.15) is 11.3 Å². The summed E-state index contributed by atoms with van der Waals surface area (Å²) in [4.78, 5) is 14.4. The van der Waals surface area contributed by atoms with Gasteiger partial charge in [0, 0.05) is 24.0 Å². The quantitative estimate of drug-likeness (QED) is 0.891. The second kappa shape index (κ2) is 5.74. The summed E-state index contributed by atoms with van der Waals surface area (Å²) in [7, 11) is 0. The highest BCUT2D eigenvalue weighted by atomic mass is 16.3. The van der Waals surface area contributed by atoms with Gasteiger partial charge in [0.2, 0.25) is 0 Å². The minimum absolute atomic E-state index is 0.0389. The minimum Gasteiger partial charge on any atom is -0.461 e. The van der Waals surface area contributed by atoms with Gasteiger partial charge in [-0.1, -0.05) is 0 Å². The molecule has 0 saturated carbocycles. The van der Waals surface area contributed by atoms with Crippen LogP contribution in [0.15, 0.2) is 28.7 Å². The van der Waals surface area contributed by atoms with Gasteiger partial charge in [-0.25, -0.2) is 0 Å². The second-order valence-electron chi connectivity index (χ2n) is 6.14. The van der Waals surface area contributed by atoms with Crippen molar-refractivity contribution < 1.29 is 19.4 Å². The first kappa shape index (κ1) is 15.1. The van der Waals surface area contributed by atoms with Crippen LogP contribution in [0.2, 0.25) is 0 Å². The number of carbonyl (C=O) groups is 1. The molecule has 3 rings (SSSR count). The number of aryl methyl sites for hydroxylation is 1. The number of likely N-dealkylation sites (tertiary alicyclic amines) is 1. The Morgan fingerprint density at radius 3 is 2.91 bits per heavy atom. The summed E-state index contributed by atoms with van der Waals surface area (Å²) in [6.45, 7) is 2.68. The van der Waals surface area contributed by atoms with Crippen molar-refractivity contribution >= 4 is 16.9 Å². The van der Waals surface area contributed by atoms with Crippen molar-refractivity contribution in [1.82, 2.24) is 4.90 Å². The minimum atomic E-state index is -1.05. The number of benzene rings is 1. The number of aliphatic hydroxyl groups is 2. The average Bonchev–Trinajstić information content (AvgIpc) is 2.76. The Bertz CT molecular complexity index is 693. The van der Waals surface area contributed by atoms with Crippen LogP contribution in [0.25, 0.3) is 11.0 Å². The molecule has 0 bridgehead atoms. The Morgan fingerprint density at radius 2 is 2.14 bits per heavy atom. The van der Waals surface area contributed by atoms with E-state index in [0.717, 1.165) is 16.7 Å². The number of hydrogen-bond donors (Lipinski definition) is 2. The van der Waals surface area contributed by atoms with E-state index in [1.54, 1.807) is 11.0 Å². The van der Waals surface area contributed by atoms with Crippen LogP contribution >= 0.6 is 0 Å². The molecule has 1 amide bonds. The molecule has 2 heterocycles. The van der Waals surface area contributed by atoms with Gasteiger partial charge in [-0.2, -0.15) is 0 Å². The summed E-state index contributed by atoms with van der Waals surface area (Å²) < 4.78 is 5.52. The zero-order chi connectivity index (χ0) is 15.7. The molecule has 1 atom stereocenters. The number of amides is 1. The van der Waals surface area contributed by atoms with Crippen LogP contribution in [-0.2, 0) is 0 Å². The molecule has 0 aliphatic carbocycles. The first-order valence-electron chi connectivity index (χ1n) is 7.63. The molecule has 1 aromatic heterocycles. The third-order valence-electron chi connectivity index (χ3n) is 4.39. The molecule has 5 heteroatoms. The van der Waals surface area contributed by atoms with Gasteiger partial charge in [-0.3, -0.25) is 4.79 Å². The van der Waals surface area contributed by atoms with E-state index in [-0.39, 0.29) is 12.5 Å². The molecule has 118 valence electrons. The molecular formula is C17H21NO4. The van der Waals surface area contributed by atoms with Crippen LogP contribution in [0, 0.1) is 6.92 Å². The van der Waals surface area contributed by atoms with Crippen molar-refractivity contribution in [3.63, 3.8) is 0 Å². The van der Waals surface area contributed by atoms with Crippen LogP contribution < -0.4 is 0 Å². The lowest BCUT2D eigenvalue weighted by molar-refractivity contribution is -0.0250. The van der Waals surface area contributed by atoms with E-state index in [1.165, 1.54) is 0 Å².